The summed E-state index contributed by atoms with van der Waals surface area (Å²) in [6, 6.07) is 4.31. The molecule has 3 rings (SSSR count). The van der Waals surface area contributed by atoms with Gasteiger partial charge in [-0.15, -0.1) is 11.3 Å². The second-order valence-corrected chi connectivity index (χ2v) is 8.26. The normalized spacial score (nSPS) is 16.2. The highest BCUT2D eigenvalue weighted by Crippen LogP contribution is 2.31. The number of pyridine rings is 1. The Morgan fingerprint density at radius 3 is 2.97 bits per heavy atom. The monoisotopic (exact) mass is 412 g/mol. The van der Waals surface area contributed by atoms with E-state index in [-0.39, 0.29) is 0 Å². The molecule has 154 valence electrons. The van der Waals surface area contributed by atoms with Crippen LogP contribution in [-0.2, 0) is 4.74 Å². The highest BCUT2D eigenvalue weighted by atomic mass is 32.1. The third-order valence-electron chi connectivity index (χ3n) is 5.13. The van der Waals surface area contributed by atoms with Crippen molar-refractivity contribution in [1.82, 2.24) is 20.2 Å². The number of fused-ring (bicyclic) bond motifs is 1. The van der Waals surface area contributed by atoms with E-state index in [4.69, 9.17) is 9.72 Å². The minimum absolute atomic E-state index is 0.438. The van der Waals surface area contributed by atoms with Crippen LogP contribution in [0, 0.1) is 24.2 Å². The Morgan fingerprint density at radius 2 is 2.28 bits per heavy atom. The maximum absolute atomic E-state index is 9.95. The van der Waals surface area contributed by atoms with E-state index in [1.165, 1.54) is 11.3 Å². The van der Waals surface area contributed by atoms with Crippen molar-refractivity contribution < 1.29 is 4.74 Å². The highest BCUT2D eigenvalue weighted by Gasteiger charge is 2.19. The highest BCUT2D eigenvalue weighted by molar-refractivity contribution is 7.19. The zero-order valence-electron chi connectivity index (χ0n) is 17.3. The van der Waals surface area contributed by atoms with Gasteiger partial charge in [0.2, 0.25) is 0 Å². The van der Waals surface area contributed by atoms with E-state index < -0.39 is 0 Å². The minimum Gasteiger partial charge on any atom is -0.361 e. The van der Waals surface area contributed by atoms with Crippen LogP contribution in [0.3, 0.4) is 0 Å². The molecule has 0 saturated carbocycles. The molecule has 0 radical (unpaired) electrons. The van der Waals surface area contributed by atoms with Crippen LogP contribution in [0.1, 0.15) is 30.0 Å². The number of allylic oxidation sites excluding steroid dienone is 2. The quantitative estimate of drug-likeness (QED) is 0.407. The van der Waals surface area contributed by atoms with Crippen LogP contribution in [0.2, 0.25) is 0 Å². The number of aromatic nitrogens is 2. The number of nitrogens with one attached hydrogen (secondary N) is 1. The molecule has 0 aliphatic carbocycles. The Hall–Kier alpha value is -2.34. The van der Waals surface area contributed by atoms with E-state index in [0.29, 0.717) is 29.7 Å². The summed E-state index contributed by atoms with van der Waals surface area (Å²) in [6.45, 7) is 5.24. The van der Waals surface area contributed by atoms with Gasteiger partial charge in [-0.1, -0.05) is 0 Å². The van der Waals surface area contributed by atoms with Gasteiger partial charge in [0.15, 0.2) is 0 Å². The van der Waals surface area contributed by atoms with Gasteiger partial charge >= 0.3 is 0 Å². The van der Waals surface area contributed by atoms with Crippen molar-refractivity contribution in [3.63, 3.8) is 0 Å². The zero-order chi connectivity index (χ0) is 20.6. The summed E-state index contributed by atoms with van der Waals surface area (Å²) in [6.07, 6.45) is 6.45. The fraction of sp³-hybridized carbons (Fsp3) is 0.524. The van der Waals surface area contributed by atoms with Crippen molar-refractivity contribution in [3.05, 3.63) is 28.7 Å². The number of rotatable bonds is 8. The summed E-state index contributed by atoms with van der Waals surface area (Å²) in [5.41, 5.74) is 3.16. The molecular formula is C21H28N6OS. The predicted molar refractivity (Wildman–Crippen MR) is 118 cm³/mol. The van der Waals surface area contributed by atoms with Crippen LogP contribution in [0.15, 0.2) is 23.0 Å². The van der Waals surface area contributed by atoms with Gasteiger partial charge in [0.1, 0.15) is 28.9 Å². The smallest absolute Gasteiger partial charge is 0.137 e. The summed E-state index contributed by atoms with van der Waals surface area (Å²) in [7, 11) is 3.70. The number of ether oxygens (including phenoxy) is 1. The van der Waals surface area contributed by atoms with E-state index >= 15 is 0 Å². The molecule has 1 saturated heterocycles. The lowest BCUT2D eigenvalue weighted by Crippen LogP contribution is -2.31. The van der Waals surface area contributed by atoms with Crippen molar-refractivity contribution in [2.45, 2.75) is 26.2 Å². The van der Waals surface area contributed by atoms with Crippen LogP contribution in [-0.4, -0.2) is 61.6 Å². The molecule has 29 heavy (non-hydrogen) atoms. The van der Waals surface area contributed by atoms with Crippen LogP contribution in [0.4, 0.5) is 0 Å². The summed E-state index contributed by atoms with van der Waals surface area (Å²) in [5, 5.41) is 14.0. The van der Waals surface area contributed by atoms with Crippen LogP contribution in [0.5, 0.6) is 0 Å². The number of aliphatic imine (C=N–C) groups is 1. The van der Waals surface area contributed by atoms with Gasteiger partial charge in [-0.25, -0.2) is 4.98 Å². The first kappa shape index (κ1) is 21.4. The minimum atomic E-state index is 0.438. The summed E-state index contributed by atoms with van der Waals surface area (Å²) < 4.78 is 7.02. The van der Waals surface area contributed by atoms with Crippen LogP contribution >= 0.6 is 11.3 Å². The Morgan fingerprint density at radius 1 is 1.48 bits per heavy atom. The third-order valence-corrected chi connectivity index (χ3v) is 6.17. The van der Waals surface area contributed by atoms with E-state index in [2.05, 4.69) is 21.4 Å². The number of thiazole rings is 1. The molecule has 8 heteroatoms. The molecule has 1 fully saturated rings. The topological polar surface area (TPSA) is 86.4 Å². The first-order valence-corrected chi connectivity index (χ1v) is 10.7. The van der Waals surface area contributed by atoms with Gasteiger partial charge in [-0.05, 0) is 44.8 Å². The molecular weight excluding hydrogens is 384 g/mol. The molecule has 1 aliphatic heterocycles. The molecule has 0 aromatic carbocycles. The van der Waals surface area contributed by atoms with Crippen LogP contribution in [0.25, 0.3) is 15.8 Å². The van der Waals surface area contributed by atoms with Gasteiger partial charge in [-0.2, -0.15) is 5.26 Å². The summed E-state index contributed by atoms with van der Waals surface area (Å²) in [5.74, 6) is 0.601. The largest absolute Gasteiger partial charge is 0.361 e. The van der Waals surface area contributed by atoms with Crippen molar-refractivity contribution in [2.24, 2.45) is 10.9 Å². The second-order valence-electron chi connectivity index (χ2n) is 7.23. The standard InChI is InChI=1S/C21H28N6OS/c1-15-20-19(7-11-25-15)29-21(26-20)17(12-22)18(6-8-23-2)27(3)14-28-13-16-4-9-24-10-5-16/h7-8,11,16,24H,4-6,9-10,13-14H2,1-3H3/b18-17+,23-8?. The van der Waals surface area contributed by atoms with Gasteiger partial charge in [0.05, 0.1) is 17.0 Å². The van der Waals surface area contributed by atoms with E-state index in [0.717, 1.165) is 54.1 Å². The fourth-order valence-corrected chi connectivity index (χ4v) is 4.46. The van der Waals surface area contributed by atoms with Gasteiger partial charge in [0.25, 0.3) is 0 Å². The van der Waals surface area contributed by atoms with E-state index in [1.54, 1.807) is 13.2 Å². The third kappa shape index (κ3) is 5.38. The summed E-state index contributed by atoms with van der Waals surface area (Å²) >= 11 is 1.52. The van der Waals surface area contributed by atoms with E-state index in [9.17, 15) is 5.26 Å². The lowest BCUT2D eigenvalue weighted by Gasteiger charge is -2.26. The van der Waals surface area contributed by atoms with Crippen molar-refractivity contribution in [2.75, 3.05) is 40.5 Å². The Labute approximate surface area is 176 Å². The lowest BCUT2D eigenvalue weighted by atomic mass is 9.99. The molecule has 3 heterocycles. The molecule has 1 aliphatic rings. The van der Waals surface area contributed by atoms with Crippen molar-refractivity contribution in [1.29, 1.82) is 5.26 Å². The Balaban J connectivity index is 1.81. The summed E-state index contributed by atoms with van der Waals surface area (Å²) in [4.78, 5) is 15.1. The Bertz CT molecular complexity index is 923. The lowest BCUT2D eigenvalue weighted by molar-refractivity contribution is 0.0307. The fourth-order valence-electron chi connectivity index (χ4n) is 3.43. The Kier molecular flexibility index (Phi) is 7.69. The number of hydrogen-bond acceptors (Lipinski definition) is 8. The molecule has 0 unspecified atom stereocenters. The van der Waals surface area contributed by atoms with Crippen molar-refractivity contribution >= 4 is 33.3 Å². The number of hydrogen-bond donors (Lipinski definition) is 1. The maximum atomic E-state index is 9.95. The molecule has 0 amide bonds. The average molecular weight is 413 g/mol. The van der Waals surface area contributed by atoms with Crippen molar-refractivity contribution in [3.8, 4) is 6.07 Å². The number of nitriles is 1. The molecule has 0 bridgehead atoms. The molecule has 2 aromatic rings. The van der Waals surface area contributed by atoms with Gasteiger partial charge < -0.3 is 19.9 Å². The second kappa shape index (κ2) is 10.4. The number of aryl methyl sites for hydroxylation is 1. The first-order chi connectivity index (χ1) is 14.1. The molecule has 1 N–H and O–H groups in total. The first-order valence-electron chi connectivity index (χ1n) is 9.90. The van der Waals surface area contributed by atoms with Gasteiger partial charge in [0, 0.05) is 38.6 Å². The molecule has 0 spiro atoms. The molecule has 0 atom stereocenters. The predicted octanol–water partition coefficient (Wildman–Crippen LogP) is 3.23. The SMILES string of the molecule is CN=CC/C(=C(/C#N)c1nc2c(C)nccc2s1)N(C)COCC1CCNCC1. The number of piperidine rings is 1. The maximum Gasteiger partial charge on any atom is 0.137 e. The number of nitrogens with zero attached hydrogens (tertiary/aromatic N) is 5. The van der Waals surface area contributed by atoms with Gasteiger partial charge in [-0.3, -0.25) is 4.98 Å². The zero-order valence-corrected chi connectivity index (χ0v) is 18.1. The van der Waals surface area contributed by atoms with Crippen LogP contribution < -0.4 is 5.32 Å². The molecule has 2 aromatic heterocycles. The van der Waals surface area contributed by atoms with E-state index in [1.807, 2.05) is 31.2 Å². The average Bonchev–Trinajstić information content (AvgIpc) is 3.17. The molecule has 7 nitrogen and oxygen atoms in total.